The predicted octanol–water partition coefficient (Wildman–Crippen LogP) is -1.35. The number of nitrogens with one attached hydrogen (secondary N) is 3. The van der Waals surface area contributed by atoms with Gasteiger partial charge in [0.1, 0.15) is 0 Å². The number of likely N-dealkylation sites (N-methyl/N-ethyl adjacent to an activating group) is 1. The molecule has 0 aromatic carbocycles. The topological polar surface area (TPSA) is 99.3 Å². The highest BCUT2D eigenvalue weighted by Gasteiger charge is 2.28. The summed E-state index contributed by atoms with van der Waals surface area (Å²) in [5.41, 5.74) is 1.92. The highest BCUT2D eigenvalue weighted by Crippen LogP contribution is 2.13. The van der Waals surface area contributed by atoms with Crippen molar-refractivity contribution in [2.75, 3.05) is 33.9 Å². The van der Waals surface area contributed by atoms with Gasteiger partial charge in [-0.1, -0.05) is 0 Å². The summed E-state index contributed by atoms with van der Waals surface area (Å²) in [5, 5.41) is 5.84. The lowest BCUT2D eigenvalue weighted by atomic mass is 10.0. The summed E-state index contributed by atoms with van der Waals surface area (Å²) in [6.07, 6.45) is 2.17. The molecule has 0 bridgehead atoms. The van der Waals surface area contributed by atoms with Crippen molar-refractivity contribution < 1.29 is 14.3 Å². The Morgan fingerprint density at radius 3 is 3.14 bits per heavy atom. The average molecular weight is 295 g/mol. The summed E-state index contributed by atoms with van der Waals surface area (Å²) in [4.78, 5) is 32.7. The number of methoxy groups -OCH3 is 1. The van der Waals surface area contributed by atoms with Crippen molar-refractivity contribution in [1.29, 1.82) is 0 Å². The molecule has 8 heteroatoms. The van der Waals surface area contributed by atoms with Crippen LogP contribution in [0.4, 0.5) is 0 Å². The van der Waals surface area contributed by atoms with Crippen molar-refractivity contribution in [3.63, 3.8) is 0 Å². The van der Waals surface area contributed by atoms with E-state index in [0.717, 1.165) is 11.4 Å². The first kappa shape index (κ1) is 15.5. The number of hydrogen-bond acceptors (Lipinski definition) is 5. The summed E-state index contributed by atoms with van der Waals surface area (Å²) in [5.74, 6) is -0.301. The minimum Gasteiger partial charge on any atom is -0.383 e. The maximum absolute atomic E-state index is 12.3. The van der Waals surface area contributed by atoms with Gasteiger partial charge >= 0.3 is 0 Å². The molecule has 2 heterocycles. The lowest BCUT2D eigenvalue weighted by molar-refractivity contribution is -0.136. The summed E-state index contributed by atoms with van der Waals surface area (Å²) in [7, 11) is 3.19. The SMILES string of the molecule is COCCNC(=O)CN(C)C(=O)C1Cc2nc[nH]c2CN1. The van der Waals surface area contributed by atoms with Crippen LogP contribution in [0.2, 0.25) is 0 Å². The van der Waals surface area contributed by atoms with Crippen LogP contribution in [0.15, 0.2) is 6.33 Å². The molecule has 1 aliphatic heterocycles. The highest BCUT2D eigenvalue weighted by atomic mass is 16.5. The quantitative estimate of drug-likeness (QED) is 0.563. The molecule has 1 aliphatic rings. The molecule has 0 radical (unpaired) electrons. The van der Waals surface area contributed by atoms with Crippen LogP contribution in [0.25, 0.3) is 0 Å². The van der Waals surface area contributed by atoms with Gasteiger partial charge in [-0.25, -0.2) is 4.98 Å². The number of aromatic nitrogens is 2. The van der Waals surface area contributed by atoms with E-state index in [1.54, 1.807) is 20.5 Å². The van der Waals surface area contributed by atoms with Gasteiger partial charge in [0.15, 0.2) is 0 Å². The van der Waals surface area contributed by atoms with E-state index in [2.05, 4.69) is 20.6 Å². The van der Waals surface area contributed by atoms with Gasteiger partial charge < -0.3 is 19.9 Å². The van der Waals surface area contributed by atoms with Crippen molar-refractivity contribution in [3.05, 3.63) is 17.7 Å². The molecule has 0 spiro atoms. The molecule has 1 aromatic heterocycles. The second kappa shape index (κ2) is 7.19. The zero-order chi connectivity index (χ0) is 15.2. The fourth-order valence-electron chi connectivity index (χ4n) is 2.25. The number of nitrogens with zero attached hydrogens (tertiary/aromatic N) is 2. The van der Waals surface area contributed by atoms with E-state index in [0.29, 0.717) is 26.1 Å². The molecule has 0 fully saturated rings. The van der Waals surface area contributed by atoms with Gasteiger partial charge in [-0.05, 0) is 0 Å². The zero-order valence-corrected chi connectivity index (χ0v) is 12.3. The van der Waals surface area contributed by atoms with Gasteiger partial charge in [-0.2, -0.15) is 0 Å². The van der Waals surface area contributed by atoms with Gasteiger partial charge in [0.25, 0.3) is 0 Å². The number of carbonyl (C=O) groups excluding carboxylic acids is 2. The first-order valence-corrected chi connectivity index (χ1v) is 6.87. The molecular weight excluding hydrogens is 274 g/mol. The van der Waals surface area contributed by atoms with E-state index in [4.69, 9.17) is 4.74 Å². The van der Waals surface area contributed by atoms with E-state index < -0.39 is 0 Å². The molecular formula is C13H21N5O3. The van der Waals surface area contributed by atoms with E-state index in [1.165, 1.54) is 4.90 Å². The lowest BCUT2D eigenvalue weighted by Crippen LogP contribution is -2.50. The second-order valence-corrected chi connectivity index (χ2v) is 5.00. The molecule has 2 rings (SSSR count). The van der Waals surface area contributed by atoms with Crippen LogP contribution >= 0.6 is 0 Å². The molecule has 0 saturated heterocycles. The zero-order valence-electron chi connectivity index (χ0n) is 12.3. The Morgan fingerprint density at radius 1 is 1.57 bits per heavy atom. The van der Waals surface area contributed by atoms with E-state index >= 15 is 0 Å². The summed E-state index contributed by atoms with van der Waals surface area (Å²) >= 11 is 0. The molecule has 2 amide bonds. The van der Waals surface area contributed by atoms with Gasteiger partial charge in [0, 0.05) is 33.7 Å². The van der Waals surface area contributed by atoms with Crippen molar-refractivity contribution in [1.82, 2.24) is 25.5 Å². The second-order valence-electron chi connectivity index (χ2n) is 5.00. The third-order valence-corrected chi connectivity index (χ3v) is 3.41. The normalized spacial score (nSPS) is 17.1. The average Bonchev–Trinajstić information content (AvgIpc) is 2.94. The van der Waals surface area contributed by atoms with Crippen LogP contribution in [0, 0.1) is 0 Å². The molecule has 3 N–H and O–H groups in total. The third-order valence-electron chi connectivity index (χ3n) is 3.41. The van der Waals surface area contributed by atoms with Crippen LogP contribution < -0.4 is 10.6 Å². The fourth-order valence-corrected chi connectivity index (χ4v) is 2.25. The van der Waals surface area contributed by atoms with Crippen LogP contribution in [-0.4, -0.2) is 66.6 Å². The van der Waals surface area contributed by atoms with Crippen LogP contribution in [0.5, 0.6) is 0 Å². The lowest BCUT2D eigenvalue weighted by Gasteiger charge is -2.26. The van der Waals surface area contributed by atoms with Crippen molar-refractivity contribution in [2.24, 2.45) is 0 Å². The first-order valence-electron chi connectivity index (χ1n) is 6.87. The number of ether oxygens (including phenoxy) is 1. The highest BCUT2D eigenvalue weighted by molar-refractivity contribution is 5.87. The van der Waals surface area contributed by atoms with E-state index in [9.17, 15) is 9.59 Å². The smallest absolute Gasteiger partial charge is 0.240 e. The van der Waals surface area contributed by atoms with Gasteiger partial charge in [0.2, 0.25) is 11.8 Å². The number of imidazole rings is 1. The number of carbonyl (C=O) groups is 2. The van der Waals surface area contributed by atoms with Crippen LogP contribution in [0.1, 0.15) is 11.4 Å². The Bertz CT molecular complexity index is 502. The van der Waals surface area contributed by atoms with E-state index in [1.807, 2.05) is 0 Å². The van der Waals surface area contributed by atoms with Crippen molar-refractivity contribution in [3.8, 4) is 0 Å². The fraction of sp³-hybridized carbons (Fsp3) is 0.615. The number of fused-ring (bicyclic) bond motifs is 1. The predicted molar refractivity (Wildman–Crippen MR) is 75.4 cm³/mol. The minimum atomic E-state index is -0.336. The largest absolute Gasteiger partial charge is 0.383 e. The van der Waals surface area contributed by atoms with Crippen molar-refractivity contribution >= 4 is 11.8 Å². The molecule has 8 nitrogen and oxygen atoms in total. The van der Waals surface area contributed by atoms with Crippen molar-refractivity contribution in [2.45, 2.75) is 19.0 Å². The Kier molecular flexibility index (Phi) is 5.29. The number of hydrogen-bond donors (Lipinski definition) is 3. The number of aromatic amines is 1. The summed E-state index contributed by atoms with van der Waals surface area (Å²) in [6.45, 7) is 1.51. The molecule has 0 saturated carbocycles. The van der Waals surface area contributed by atoms with Crippen LogP contribution in [-0.2, 0) is 27.3 Å². The Morgan fingerprint density at radius 2 is 2.38 bits per heavy atom. The maximum atomic E-state index is 12.3. The Labute approximate surface area is 123 Å². The Balaban J connectivity index is 1.81. The summed E-state index contributed by atoms with van der Waals surface area (Å²) < 4.78 is 4.85. The monoisotopic (exact) mass is 295 g/mol. The molecule has 1 unspecified atom stereocenters. The molecule has 0 aliphatic carbocycles. The van der Waals surface area contributed by atoms with Crippen LogP contribution in [0.3, 0.4) is 0 Å². The van der Waals surface area contributed by atoms with Gasteiger partial charge in [-0.3, -0.25) is 14.9 Å². The number of rotatable bonds is 6. The minimum absolute atomic E-state index is 0.0359. The Hall–Kier alpha value is -1.93. The van der Waals surface area contributed by atoms with Gasteiger partial charge in [0.05, 0.1) is 36.9 Å². The number of H-pyrrole nitrogens is 1. The molecule has 116 valence electrons. The standard InChI is InChI=1S/C13H21N5O3/c1-18(7-12(19)14-3-4-21-2)13(20)10-5-9-11(6-15-10)17-8-16-9/h8,10,15H,3-7H2,1-2H3,(H,14,19)(H,16,17). The molecule has 1 aromatic rings. The molecule has 1 atom stereocenters. The number of amides is 2. The molecule has 21 heavy (non-hydrogen) atoms. The van der Waals surface area contributed by atoms with E-state index in [-0.39, 0.29) is 24.4 Å². The van der Waals surface area contributed by atoms with Gasteiger partial charge in [-0.15, -0.1) is 0 Å². The maximum Gasteiger partial charge on any atom is 0.240 e. The summed E-state index contributed by atoms with van der Waals surface area (Å²) in [6, 6.07) is -0.336. The first-order chi connectivity index (χ1) is 10.1. The third kappa shape index (κ3) is 4.02.